The third-order valence-corrected chi connectivity index (χ3v) is 3.50. The van der Waals surface area contributed by atoms with Crippen LogP contribution in [-0.2, 0) is 6.61 Å². The number of carboxylic acids is 1. The molecule has 3 rings (SSSR count). The van der Waals surface area contributed by atoms with E-state index in [9.17, 15) is 14.7 Å². The molecular formula is C17H14N4O4. The van der Waals surface area contributed by atoms with E-state index in [1.165, 1.54) is 12.1 Å². The SMILES string of the molecule is NC(=O)c1n[nH]nc1-c1ccc(OCc2ccccc2)c(C(=O)O)c1. The van der Waals surface area contributed by atoms with Crippen molar-refractivity contribution in [2.75, 3.05) is 0 Å². The van der Waals surface area contributed by atoms with Crippen molar-refractivity contribution in [3.05, 3.63) is 65.4 Å². The number of aromatic carboxylic acids is 1. The van der Waals surface area contributed by atoms with E-state index in [2.05, 4.69) is 15.4 Å². The lowest BCUT2D eigenvalue weighted by Crippen LogP contribution is -2.13. The highest BCUT2D eigenvalue weighted by Crippen LogP contribution is 2.27. The van der Waals surface area contributed by atoms with E-state index in [1.807, 2.05) is 30.3 Å². The number of ether oxygens (including phenoxy) is 1. The van der Waals surface area contributed by atoms with Crippen molar-refractivity contribution in [2.45, 2.75) is 6.61 Å². The minimum atomic E-state index is -1.16. The highest BCUT2D eigenvalue weighted by molar-refractivity contribution is 5.98. The van der Waals surface area contributed by atoms with Gasteiger partial charge in [0.05, 0.1) is 0 Å². The maximum absolute atomic E-state index is 11.6. The van der Waals surface area contributed by atoms with Crippen LogP contribution in [0.4, 0.5) is 0 Å². The summed E-state index contributed by atoms with van der Waals surface area (Å²) >= 11 is 0. The number of primary amides is 1. The highest BCUT2D eigenvalue weighted by Gasteiger charge is 2.19. The van der Waals surface area contributed by atoms with Crippen molar-refractivity contribution in [1.82, 2.24) is 15.4 Å². The molecule has 0 unspecified atom stereocenters. The molecule has 0 atom stereocenters. The van der Waals surface area contributed by atoms with Gasteiger partial charge < -0.3 is 15.6 Å². The van der Waals surface area contributed by atoms with E-state index in [1.54, 1.807) is 6.07 Å². The van der Waals surface area contributed by atoms with Crippen LogP contribution in [0.3, 0.4) is 0 Å². The zero-order chi connectivity index (χ0) is 17.8. The average Bonchev–Trinajstić information content (AvgIpc) is 3.10. The van der Waals surface area contributed by atoms with Crippen LogP contribution in [0.2, 0.25) is 0 Å². The van der Waals surface area contributed by atoms with E-state index >= 15 is 0 Å². The second-order valence-electron chi connectivity index (χ2n) is 5.18. The predicted molar refractivity (Wildman–Crippen MR) is 88.1 cm³/mol. The molecule has 8 nitrogen and oxygen atoms in total. The van der Waals surface area contributed by atoms with E-state index < -0.39 is 11.9 Å². The smallest absolute Gasteiger partial charge is 0.339 e. The molecule has 4 N–H and O–H groups in total. The zero-order valence-corrected chi connectivity index (χ0v) is 13.0. The van der Waals surface area contributed by atoms with Gasteiger partial charge in [0, 0.05) is 5.56 Å². The fraction of sp³-hybridized carbons (Fsp3) is 0.0588. The maximum atomic E-state index is 11.6. The Morgan fingerprint density at radius 2 is 1.88 bits per heavy atom. The van der Waals surface area contributed by atoms with Gasteiger partial charge in [-0.15, -0.1) is 0 Å². The lowest BCUT2D eigenvalue weighted by Gasteiger charge is -2.10. The molecule has 1 amide bonds. The van der Waals surface area contributed by atoms with Crippen LogP contribution < -0.4 is 10.5 Å². The highest BCUT2D eigenvalue weighted by atomic mass is 16.5. The minimum Gasteiger partial charge on any atom is -0.488 e. The summed E-state index contributed by atoms with van der Waals surface area (Å²) in [4.78, 5) is 22.9. The van der Waals surface area contributed by atoms with Gasteiger partial charge in [-0.1, -0.05) is 30.3 Å². The van der Waals surface area contributed by atoms with Crippen molar-refractivity contribution in [3.8, 4) is 17.0 Å². The molecule has 0 aliphatic carbocycles. The lowest BCUT2D eigenvalue weighted by atomic mass is 10.1. The predicted octanol–water partition coefficient (Wildman–Crippen LogP) is 1.85. The number of hydrogen-bond donors (Lipinski definition) is 3. The van der Waals surface area contributed by atoms with Gasteiger partial charge in [-0.2, -0.15) is 15.4 Å². The van der Waals surface area contributed by atoms with Crippen molar-refractivity contribution in [1.29, 1.82) is 0 Å². The van der Waals surface area contributed by atoms with Crippen molar-refractivity contribution in [3.63, 3.8) is 0 Å². The van der Waals surface area contributed by atoms with Crippen molar-refractivity contribution in [2.24, 2.45) is 5.73 Å². The molecule has 0 aliphatic rings. The summed E-state index contributed by atoms with van der Waals surface area (Å²) in [6, 6.07) is 13.9. The van der Waals surface area contributed by atoms with Gasteiger partial charge in [-0.3, -0.25) is 4.79 Å². The van der Waals surface area contributed by atoms with Gasteiger partial charge in [0.2, 0.25) is 0 Å². The van der Waals surface area contributed by atoms with E-state index in [4.69, 9.17) is 10.5 Å². The number of carbonyl (C=O) groups is 2. The first-order valence-electron chi connectivity index (χ1n) is 7.31. The number of hydrogen-bond acceptors (Lipinski definition) is 5. The molecule has 25 heavy (non-hydrogen) atoms. The van der Waals surface area contributed by atoms with Gasteiger partial charge in [0.1, 0.15) is 23.6 Å². The number of carbonyl (C=O) groups excluding carboxylic acids is 1. The number of nitrogens with two attached hydrogens (primary N) is 1. The first kappa shape index (κ1) is 16.2. The molecule has 0 bridgehead atoms. The summed E-state index contributed by atoms with van der Waals surface area (Å²) in [5, 5.41) is 19.3. The fourth-order valence-electron chi connectivity index (χ4n) is 2.31. The first-order valence-corrected chi connectivity index (χ1v) is 7.31. The molecule has 8 heteroatoms. The Kier molecular flexibility index (Phi) is 4.42. The van der Waals surface area contributed by atoms with Crippen molar-refractivity contribution < 1.29 is 19.4 Å². The number of carboxylic acid groups (broad SMARTS) is 1. The summed E-state index contributed by atoms with van der Waals surface area (Å²) in [6.45, 7) is 0.233. The summed E-state index contributed by atoms with van der Waals surface area (Å²) < 4.78 is 5.62. The third kappa shape index (κ3) is 3.47. The van der Waals surface area contributed by atoms with Crippen LogP contribution in [0.25, 0.3) is 11.3 Å². The molecule has 0 fully saturated rings. The number of rotatable bonds is 6. The molecule has 0 spiro atoms. The molecule has 1 aromatic heterocycles. The normalized spacial score (nSPS) is 10.4. The molecule has 0 aliphatic heterocycles. The summed E-state index contributed by atoms with van der Waals surface area (Å²) in [5.74, 6) is -1.71. The van der Waals surface area contributed by atoms with E-state index in [0.29, 0.717) is 5.56 Å². The maximum Gasteiger partial charge on any atom is 0.339 e. The zero-order valence-electron chi connectivity index (χ0n) is 13.0. The number of H-pyrrole nitrogens is 1. The van der Waals surface area contributed by atoms with Gasteiger partial charge in [0.15, 0.2) is 5.69 Å². The van der Waals surface area contributed by atoms with Crippen LogP contribution in [0.5, 0.6) is 5.75 Å². The monoisotopic (exact) mass is 338 g/mol. The van der Waals surface area contributed by atoms with Crippen LogP contribution in [0, 0.1) is 0 Å². The number of aromatic nitrogens is 3. The Labute approximate surface area is 142 Å². The Hall–Kier alpha value is -3.68. The molecule has 0 saturated heterocycles. The number of aromatic amines is 1. The Balaban J connectivity index is 1.92. The number of benzene rings is 2. The molecule has 0 saturated carbocycles. The van der Waals surface area contributed by atoms with Gasteiger partial charge in [0.25, 0.3) is 5.91 Å². The van der Waals surface area contributed by atoms with Gasteiger partial charge >= 0.3 is 5.97 Å². The first-order chi connectivity index (χ1) is 12.1. The van der Waals surface area contributed by atoms with Crippen LogP contribution >= 0.6 is 0 Å². The Morgan fingerprint density at radius 1 is 1.12 bits per heavy atom. The molecule has 0 radical (unpaired) electrons. The summed E-state index contributed by atoms with van der Waals surface area (Å²) in [5.41, 5.74) is 6.62. The van der Waals surface area contributed by atoms with E-state index in [-0.39, 0.29) is 29.3 Å². The van der Waals surface area contributed by atoms with Crippen LogP contribution in [0.1, 0.15) is 26.4 Å². The Morgan fingerprint density at radius 3 is 2.56 bits per heavy atom. The fourth-order valence-corrected chi connectivity index (χ4v) is 2.31. The summed E-state index contributed by atoms with van der Waals surface area (Å²) in [7, 11) is 0. The minimum absolute atomic E-state index is 0.0492. The van der Waals surface area contributed by atoms with Crippen molar-refractivity contribution >= 4 is 11.9 Å². The lowest BCUT2D eigenvalue weighted by molar-refractivity contribution is 0.0691. The van der Waals surface area contributed by atoms with Crippen LogP contribution in [0.15, 0.2) is 48.5 Å². The quantitative estimate of drug-likeness (QED) is 0.628. The molecule has 2 aromatic carbocycles. The van der Waals surface area contributed by atoms with Gasteiger partial charge in [-0.25, -0.2) is 4.79 Å². The number of nitrogens with zero attached hydrogens (tertiary/aromatic N) is 2. The Bertz CT molecular complexity index is 921. The largest absolute Gasteiger partial charge is 0.488 e. The molecular weight excluding hydrogens is 324 g/mol. The molecule has 3 aromatic rings. The summed E-state index contributed by atoms with van der Waals surface area (Å²) in [6.07, 6.45) is 0. The number of nitrogens with one attached hydrogen (secondary N) is 1. The molecule has 126 valence electrons. The second kappa shape index (κ2) is 6.83. The topological polar surface area (TPSA) is 131 Å². The average molecular weight is 338 g/mol. The third-order valence-electron chi connectivity index (χ3n) is 3.50. The second-order valence-corrected chi connectivity index (χ2v) is 5.18. The molecule has 1 heterocycles. The van der Waals surface area contributed by atoms with Crippen LogP contribution in [-0.4, -0.2) is 32.4 Å². The van der Waals surface area contributed by atoms with Gasteiger partial charge in [-0.05, 0) is 23.8 Å². The van der Waals surface area contributed by atoms with E-state index in [0.717, 1.165) is 5.56 Å². The standard InChI is InChI=1S/C17H14N4O4/c18-16(22)15-14(19-21-20-15)11-6-7-13(12(8-11)17(23)24)25-9-10-4-2-1-3-5-10/h1-8H,9H2,(H2,18,22)(H,23,24)(H,19,20,21). The number of amides is 1.